The molecule has 1 rings (SSSR count). The Morgan fingerprint density at radius 1 is 1.31 bits per heavy atom. The maximum Gasteiger partial charge on any atom is 0.165 e. The molecule has 3 nitrogen and oxygen atoms in total. The van der Waals surface area contributed by atoms with Crippen LogP contribution in [0.3, 0.4) is 0 Å². The third kappa shape index (κ3) is 2.28. The third-order valence-electron chi connectivity index (χ3n) is 2.20. The van der Waals surface area contributed by atoms with E-state index in [2.05, 4.69) is 4.74 Å². The molecule has 1 aromatic rings. The van der Waals surface area contributed by atoms with Crippen LogP contribution in [0.5, 0.6) is 5.75 Å². The zero-order valence-corrected chi connectivity index (χ0v) is 9.29. The summed E-state index contributed by atoms with van der Waals surface area (Å²) in [4.78, 5) is 1.50. The first kappa shape index (κ1) is 12.4. The van der Waals surface area contributed by atoms with Crippen LogP contribution in [0.4, 0.5) is 8.78 Å². The Bertz CT molecular complexity index is 427. The standard InChI is InChI=1S/C11H12F2N2O/c1-15(2)10(6-14)7-4-9(13)11(16-3)5-8(7)12/h4-5,10H,1-3H3. The summed E-state index contributed by atoms with van der Waals surface area (Å²) in [5.41, 5.74) is 0.00537. The second-order valence-electron chi connectivity index (χ2n) is 3.50. The quantitative estimate of drug-likeness (QED) is 0.791. The van der Waals surface area contributed by atoms with Crippen LogP contribution >= 0.6 is 0 Å². The third-order valence-corrected chi connectivity index (χ3v) is 2.20. The molecule has 1 aromatic carbocycles. The Morgan fingerprint density at radius 3 is 2.38 bits per heavy atom. The Morgan fingerprint density at radius 2 is 1.94 bits per heavy atom. The molecule has 0 aromatic heterocycles. The second-order valence-corrected chi connectivity index (χ2v) is 3.50. The molecule has 0 saturated carbocycles. The van der Waals surface area contributed by atoms with E-state index in [-0.39, 0.29) is 11.3 Å². The van der Waals surface area contributed by atoms with Crippen LogP contribution < -0.4 is 4.74 Å². The molecule has 86 valence electrons. The molecule has 0 N–H and O–H groups in total. The smallest absolute Gasteiger partial charge is 0.165 e. The van der Waals surface area contributed by atoms with Crippen LogP contribution in [0.2, 0.25) is 0 Å². The van der Waals surface area contributed by atoms with E-state index >= 15 is 0 Å². The van der Waals surface area contributed by atoms with Crippen molar-refractivity contribution < 1.29 is 13.5 Å². The van der Waals surface area contributed by atoms with Crippen molar-refractivity contribution in [2.24, 2.45) is 0 Å². The molecule has 16 heavy (non-hydrogen) atoms. The van der Waals surface area contributed by atoms with Crippen LogP contribution in [0.15, 0.2) is 12.1 Å². The first-order valence-corrected chi connectivity index (χ1v) is 4.60. The molecule has 1 unspecified atom stereocenters. The highest BCUT2D eigenvalue weighted by molar-refractivity contribution is 5.34. The lowest BCUT2D eigenvalue weighted by molar-refractivity contribution is 0.343. The number of hydrogen-bond donors (Lipinski definition) is 0. The van der Waals surface area contributed by atoms with Crippen molar-refractivity contribution in [1.82, 2.24) is 4.90 Å². The lowest BCUT2D eigenvalue weighted by Gasteiger charge is -2.18. The van der Waals surface area contributed by atoms with E-state index in [1.165, 1.54) is 12.0 Å². The minimum atomic E-state index is -0.819. The van der Waals surface area contributed by atoms with E-state index in [1.54, 1.807) is 14.1 Å². The Labute approximate surface area is 92.9 Å². The van der Waals surface area contributed by atoms with Crippen molar-refractivity contribution in [1.29, 1.82) is 5.26 Å². The molecule has 0 aliphatic carbocycles. The summed E-state index contributed by atoms with van der Waals surface area (Å²) >= 11 is 0. The summed E-state index contributed by atoms with van der Waals surface area (Å²) < 4.78 is 31.6. The van der Waals surface area contributed by atoms with Gasteiger partial charge >= 0.3 is 0 Å². The molecular weight excluding hydrogens is 214 g/mol. The fourth-order valence-electron chi connectivity index (χ4n) is 1.37. The van der Waals surface area contributed by atoms with Gasteiger partial charge in [0, 0.05) is 11.6 Å². The van der Waals surface area contributed by atoms with E-state index in [9.17, 15) is 8.78 Å². The van der Waals surface area contributed by atoms with Gasteiger partial charge in [-0.3, -0.25) is 4.90 Å². The van der Waals surface area contributed by atoms with Gasteiger partial charge in [0.25, 0.3) is 0 Å². The zero-order chi connectivity index (χ0) is 12.3. The highest BCUT2D eigenvalue weighted by atomic mass is 19.1. The van der Waals surface area contributed by atoms with Gasteiger partial charge in [-0.2, -0.15) is 5.26 Å². The molecule has 0 saturated heterocycles. The maximum atomic E-state index is 13.6. The molecule has 0 heterocycles. The number of halogens is 2. The SMILES string of the molecule is COc1cc(F)c(C(C#N)N(C)C)cc1F. The van der Waals surface area contributed by atoms with Crippen molar-refractivity contribution in [3.63, 3.8) is 0 Å². The predicted molar refractivity (Wildman–Crippen MR) is 55.0 cm³/mol. The largest absolute Gasteiger partial charge is 0.494 e. The number of nitriles is 1. The fourth-order valence-corrected chi connectivity index (χ4v) is 1.37. The van der Waals surface area contributed by atoms with Gasteiger partial charge in [-0.25, -0.2) is 8.78 Å². The van der Waals surface area contributed by atoms with Gasteiger partial charge in [-0.1, -0.05) is 0 Å². The summed E-state index contributed by atoms with van der Waals surface area (Å²) in [6, 6.07) is 3.01. The molecule has 0 aliphatic rings. The topological polar surface area (TPSA) is 36.3 Å². The molecule has 0 fully saturated rings. The van der Waals surface area contributed by atoms with Crippen molar-refractivity contribution in [2.45, 2.75) is 6.04 Å². The minimum absolute atomic E-state index is 0.00537. The minimum Gasteiger partial charge on any atom is -0.494 e. The van der Waals surface area contributed by atoms with Crippen molar-refractivity contribution in [2.75, 3.05) is 21.2 Å². The van der Waals surface area contributed by atoms with Crippen LogP contribution in [0, 0.1) is 23.0 Å². The van der Waals surface area contributed by atoms with Crippen LogP contribution in [-0.2, 0) is 0 Å². The molecule has 0 bridgehead atoms. The lowest BCUT2D eigenvalue weighted by atomic mass is 10.1. The molecule has 0 aliphatic heterocycles. The molecule has 5 heteroatoms. The van der Waals surface area contributed by atoms with E-state index < -0.39 is 17.7 Å². The van der Waals surface area contributed by atoms with E-state index in [0.717, 1.165) is 12.1 Å². The number of rotatable bonds is 3. The van der Waals surface area contributed by atoms with Crippen LogP contribution in [-0.4, -0.2) is 26.1 Å². The van der Waals surface area contributed by atoms with Gasteiger partial charge < -0.3 is 4.74 Å². The second kappa shape index (κ2) is 4.90. The molecule has 0 amide bonds. The molecule has 0 spiro atoms. The van der Waals surface area contributed by atoms with Gasteiger partial charge in [-0.05, 0) is 20.2 Å². The van der Waals surface area contributed by atoms with Gasteiger partial charge in [0.1, 0.15) is 11.9 Å². The number of hydrogen-bond acceptors (Lipinski definition) is 3. The fraction of sp³-hybridized carbons (Fsp3) is 0.364. The Balaban J connectivity index is 3.25. The van der Waals surface area contributed by atoms with E-state index in [0.29, 0.717) is 0 Å². The van der Waals surface area contributed by atoms with Crippen LogP contribution in [0.25, 0.3) is 0 Å². The maximum absolute atomic E-state index is 13.6. The van der Waals surface area contributed by atoms with E-state index in [1.807, 2.05) is 6.07 Å². The van der Waals surface area contributed by atoms with E-state index in [4.69, 9.17) is 5.26 Å². The highest BCUT2D eigenvalue weighted by Gasteiger charge is 2.20. The van der Waals surface area contributed by atoms with Crippen LogP contribution in [0.1, 0.15) is 11.6 Å². The van der Waals surface area contributed by atoms with Crippen molar-refractivity contribution in [3.8, 4) is 11.8 Å². The molecule has 1 atom stereocenters. The zero-order valence-electron chi connectivity index (χ0n) is 9.29. The summed E-state index contributed by atoms with van der Waals surface area (Å²) in [7, 11) is 4.50. The first-order valence-electron chi connectivity index (χ1n) is 4.60. The van der Waals surface area contributed by atoms with Gasteiger partial charge in [0.2, 0.25) is 0 Å². The average molecular weight is 226 g/mol. The summed E-state index contributed by atoms with van der Waals surface area (Å²) in [6.45, 7) is 0. The van der Waals surface area contributed by atoms with Gasteiger partial charge in [0.05, 0.1) is 13.2 Å². The number of methoxy groups -OCH3 is 1. The number of ether oxygens (including phenoxy) is 1. The Hall–Kier alpha value is -1.67. The summed E-state index contributed by atoms with van der Waals surface area (Å²) in [6.07, 6.45) is 0. The Kier molecular flexibility index (Phi) is 3.80. The highest BCUT2D eigenvalue weighted by Crippen LogP contribution is 2.27. The monoisotopic (exact) mass is 226 g/mol. The normalized spacial score (nSPS) is 12.3. The van der Waals surface area contributed by atoms with Gasteiger partial charge in [0.15, 0.2) is 11.6 Å². The predicted octanol–water partition coefficient (Wildman–Crippen LogP) is 2.10. The lowest BCUT2D eigenvalue weighted by Crippen LogP contribution is -2.19. The summed E-state index contributed by atoms with van der Waals surface area (Å²) in [5, 5.41) is 8.88. The summed E-state index contributed by atoms with van der Waals surface area (Å²) in [5.74, 6) is -1.50. The molecule has 0 radical (unpaired) electrons. The first-order chi connectivity index (χ1) is 7.51. The average Bonchev–Trinajstić information content (AvgIpc) is 2.23. The van der Waals surface area contributed by atoms with Crippen molar-refractivity contribution >= 4 is 0 Å². The number of benzene rings is 1. The van der Waals surface area contributed by atoms with Crippen molar-refractivity contribution in [3.05, 3.63) is 29.3 Å². The molecular formula is C11H12F2N2O. The number of nitrogens with zero attached hydrogens (tertiary/aromatic N) is 2. The van der Waals surface area contributed by atoms with Gasteiger partial charge in [-0.15, -0.1) is 0 Å².